The van der Waals surface area contributed by atoms with Crippen molar-refractivity contribution in [3.05, 3.63) is 53.6 Å². The number of rotatable bonds is 5. The van der Waals surface area contributed by atoms with E-state index in [1.54, 1.807) is 12.0 Å². The van der Waals surface area contributed by atoms with Crippen LogP contribution in [0.5, 0.6) is 17.2 Å². The van der Waals surface area contributed by atoms with E-state index in [-0.39, 0.29) is 12.7 Å². The number of benzene rings is 2. The van der Waals surface area contributed by atoms with Crippen LogP contribution >= 0.6 is 0 Å². The first-order chi connectivity index (χ1) is 13.6. The van der Waals surface area contributed by atoms with Gasteiger partial charge in [0.1, 0.15) is 5.75 Å². The number of hydrogen-bond donors (Lipinski definition) is 0. The predicted octanol–water partition coefficient (Wildman–Crippen LogP) is 3.13. The van der Waals surface area contributed by atoms with Crippen molar-refractivity contribution in [2.75, 3.05) is 34.2 Å². The summed E-state index contributed by atoms with van der Waals surface area (Å²) in [6, 6.07) is 13.6. The van der Waals surface area contributed by atoms with Gasteiger partial charge in [0.05, 0.1) is 12.5 Å². The molecule has 0 aromatic heterocycles. The third-order valence-corrected chi connectivity index (χ3v) is 5.60. The molecule has 1 saturated heterocycles. The maximum atomic E-state index is 13.6. The van der Waals surface area contributed by atoms with Gasteiger partial charge in [-0.2, -0.15) is 0 Å². The topological polar surface area (TPSA) is 57.2 Å². The van der Waals surface area contributed by atoms with Crippen LogP contribution in [0.25, 0.3) is 0 Å². The Hall–Kier alpha value is -2.73. The number of methoxy groups -OCH3 is 1. The third kappa shape index (κ3) is 3.40. The minimum Gasteiger partial charge on any atom is -0.497 e. The van der Waals surface area contributed by atoms with E-state index in [2.05, 4.69) is 0 Å². The minimum absolute atomic E-state index is 0.110. The van der Waals surface area contributed by atoms with Crippen molar-refractivity contribution in [1.29, 1.82) is 0 Å². The standard InChI is InChI=1S/C22H25NO5/c1-23(14-16-3-8-19-20(13-16)28-15-27-19)21(24)22(9-11-26-12-10-22)17-4-6-18(25-2)7-5-17/h3-8,13H,9-12,14-15H2,1-2H3. The van der Waals surface area contributed by atoms with Gasteiger partial charge in [0.2, 0.25) is 12.7 Å². The summed E-state index contributed by atoms with van der Waals surface area (Å²) < 4.78 is 21.7. The largest absolute Gasteiger partial charge is 0.497 e. The van der Waals surface area contributed by atoms with E-state index in [9.17, 15) is 4.79 Å². The first kappa shape index (κ1) is 18.6. The molecule has 0 radical (unpaired) electrons. The molecule has 1 fully saturated rings. The summed E-state index contributed by atoms with van der Waals surface area (Å²) >= 11 is 0. The summed E-state index contributed by atoms with van der Waals surface area (Å²) in [4.78, 5) is 15.4. The normalized spacial score (nSPS) is 17.2. The second-order valence-electron chi connectivity index (χ2n) is 7.27. The van der Waals surface area contributed by atoms with Gasteiger partial charge in [-0.1, -0.05) is 18.2 Å². The molecule has 6 heteroatoms. The molecule has 0 atom stereocenters. The summed E-state index contributed by atoms with van der Waals surface area (Å²) in [5.41, 5.74) is 1.45. The fourth-order valence-electron chi connectivity index (χ4n) is 4.01. The highest BCUT2D eigenvalue weighted by Crippen LogP contribution is 2.38. The van der Waals surface area contributed by atoms with E-state index in [0.717, 1.165) is 28.4 Å². The van der Waals surface area contributed by atoms with E-state index in [1.165, 1.54) is 0 Å². The minimum atomic E-state index is -0.574. The van der Waals surface area contributed by atoms with Crippen molar-refractivity contribution >= 4 is 5.91 Å². The van der Waals surface area contributed by atoms with Gasteiger partial charge in [-0.05, 0) is 48.2 Å². The molecule has 0 N–H and O–H groups in total. The van der Waals surface area contributed by atoms with Gasteiger partial charge < -0.3 is 23.8 Å². The molecule has 2 aliphatic heterocycles. The van der Waals surface area contributed by atoms with E-state index in [0.29, 0.717) is 32.6 Å². The number of fused-ring (bicyclic) bond motifs is 1. The van der Waals surface area contributed by atoms with Crippen LogP contribution in [0.3, 0.4) is 0 Å². The Morgan fingerprint density at radius 3 is 2.50 bits per heavy atom. The molecular weight excluding hydrogens is 358 g/mol. The molecule has 2 aromatic rings. The van der Waals surface area contributed by atoms with Crippen molar-refractivity contribution < 1.29 is 23.7 Å². The molecule has 2 aromatic carbocycles. The molecule has 0 spiro atoms. The van der Waals surface area contributed by atoms with Crippen LogP contribution in [0.4, 0.5) is 0 Å². The Balaban J connectivity index is 1.57. The zero-order chi connectivity index (χ0) is 19.6. The number of nitrogens with zero attached hydrogens (tertiary/aromatic N) is 1. The lowest BCUT2D eigenvalue weighted by molar-refractivity contribution is -0.140. The first-order valence-corrected chi connectivity index (χ1v) is 9.49. The highest BCUT2D eigenvalue weighted by molar-refractivity contribution is 5.88. The summed E-state index contributed by atoms with van der Waals surface area (Å²) in [5, 5.41) is 0. The maximum Gasteiger partial charge on any atom is 0.233 e. The Kier molecular flexibility index (Phi) is 5.13. The zero-order valence-electron chi connectivity index (χ0n) is 16.3. The molecular formula is C22H25NO5. The van der Waals surface area contributed by atoms with Crippen LogP contribution in [0, 0.1) is 0 Å². The number of hydrogen-bond acceptors (Lipinski definition) is 5. The second-order valence-corrected chi connectivity index (χ2v) is 7.27. The van der Waals surface area contributed by atoms with Gasteiger partial charge in [-0.3, -0.25) is 4.79 Å². The molecule has 0 unspecified atom stereocenters. The zero-order valence-corrected chi connectivity index (χ0v) is 16.3. The first-order valence-electron chi connectivity index (χ1n) is 9.49. The van der Waals surface area contributed by atoms with Crippen molar-refractivity contribution in [3.63, 3.8) is 0 Å². The Labute approximate surface area is 165 Å². The summed E-state index contributed by atoms with van der Waals surface area (Å²) in [7, 11) is 3.50. The SMILES string of the molecule is COc1ccc(C2(C(=O)N(C)Cc3ccc4c(c3)OCO4)CCOCC2)cc1. The van der Waals surface area contributed by atoms with Crippen LogP contribution in [-0.2, 0) is 21.5 Å². The smallest absolute Gasteiger partial charge is 0.233 e. The Morgan fingerprint density at radius 1 is 1.07 bits per heavy atom. The Bertz CT molecular complexity index is 843. The predicted molar refractivity (Wildman–Crippen MR) is 104 cm³/mol. The van der Waals surface area contributed by atoms with Crippen LogP contribution in [0.15, 0.2) is 42.5 Å². The van der Waals surface area contributed by atoms with Crippen molar-refractivity contribution in [3.8, 4) is 17.2 Å². The molecule has 148 valence electrons. The lowest BCUT2D eigenvalue weighted by Gasteiger charge is -2.39. The molecule has 28 heavy (non-hydrogen) atoms. The highest BCUT2D eigenvalue weighted by Gasteiger charge is 2.43. The molecule has 4 rings (SSSR count). The average molecular weight is 383 g/mol. The summed E-state index contributed by atoms with van der Waals surface area (Å²) in [6.07, 6.45) is 1.34. The van der Waals surface area contributed by atoms with Gasteiger partial charge in [-0.25, -0.2) is 0 Å². The number of ether oxygens (including phenoxy) is 4. The Morgan fingerprint density at radius 2 is 1.79 bits per heavy atom. The second kappa shape index (κ2) is 7.72. The summed E-state index contributed by atoms with van der Waals surface area (Å²) in [5.74, 6) is 2.37. The lowest BCUT2D eigenvalue weighted by Crippen LogP contribution is -2.48. The fourth-order valence-corrected chi connectivity index (χ4v) is 4.01. The van der Waals surface area contributed by atoms with Gasteiger partial charge in [0, 0.05) is 26.8 Å². The molecule has 0 bridgehead atoms. The van der Waals surface area contributed by atoms with E-state index >= 15 is 0 Å². The van der Waals surface area contributed by atoms with Crippen LogP contribution in [-0.4, -0.2) is 45.0 Å². The molecule has 1 amide bonds. The maximum absolute atomic E-state index is 13.6. The van der Waals surface area contributed by atoms with Crippen molar-refractivity contribution in [2.24, 2.45) is 0 Å². The van der Waals surface area contributed by atoms with Crippen molar-refractivity contribution in [2.45, 2.75) is 24.8 Å². The number of carbonyl (C=O) groups is 1. The number of amides is 1. The monoisotopic (exact) mass is 383 g/mol. The fraction of sp³-hybridized carbons (Fsp3) is 0.409. The quantitative estimate of drug-likeness (QED) is 0.794. The van der Waals surface area contributed by atoms with Gasteiger partial charge in [0.15, 0.2) is 11.5 Å². The van der Waals surface area contributed by atoms with Crippen LogP contribution in [0.2, 0.25) is 0 Å². The molecule has 2 aliphatic rings. The van der Waals surface area contributed by atoms with Gasteiger partial charge >= 0.3 is 0 Å². The third-order valence-electron chi connectivity index (χ3n) is 5.60. The molecule has 0 aliphatic carbocycles. The van der Waals surface area contributed by atoms with Crippen molar-refractivity contribution in [1.82, 2.24) is 4.90 Å². The van der Waals surface area contributed by atoms with Crippen LogP contribution in [0.1, 0.15) is 24.0 Å². The molecule has 6 nitrogen and oxygen atoms in total. The molecule has 0 saturated carbocycles. The average Bonchev–Trinajstić information content (AvgIpc) is 3.21. The molecule has 2 heterocycles. The van der Waals surface area contributed by atoms with E-state index in [4.69, 9.17) is 18.9 Å². The van der Waals surface area contributed by atoms with E-state index in [1.807, 2.05) is 49.5 Å². The number of carbonyl (C=O) groups excluding carboxylic acids is 1. The van der Waals surface area contributed by atoms with E-state index < -0.39 is 5.41 Å². The van der Waals surface area contributed by atoms with Crippen LogP contribution < -0.4 is 14.2 Å². The number of likely N-dealkylation sites (N-methyl/N-ethyl adjacent to an activating group) is 1. The van der Waals surface area contributed by atoms with Gasteiger partial charge in [-0.15, -0.1) is 0 Å². The lowest BCUT2D eigenvalue weighted by atomic mass is 9.73. The highest BCUT2D eigenvalue weighted by atomic mass is 16.7. The van der Waals surface area contributed by atoms with Gasteiger partial charge in [0.25, 0.3) is 0 Å². The summed E-state index contributed by atoms with van der Waals surface area (Å²) in [6.45, 7) is 1.91.